The van der Waals surface area contributed by atoms with Crippen LogP contribution in [0.25, 0.3) is 0 Å². The van der Waals surface area contributed by atoms with E-state index in [0.29, 0.717) is 10.7 Å². The third-order valence-electron chi connectivity index (χ3n) is 1.83. The van der Waals surface area contributed by atoms with Gasteiger partial charge in [0.15, 0.2) is 0 Å². The van der Waals surface area contributed by atoms with Crippen molar-refractivity contribution in [1.29, 1.82) is 0 Å². The number of anilines is 1. The molecule has 6 nitrogen and oxygen atoms in total. The van der Waals surface area contributed by atoms with Crippen molar-refractivity contribution < 1.29 is 14.7 Å². The van der Waals surface area contributed by atoms with Crippen LogP contribution < -0.4 is 16.4 Å². The zero-order chi connectivity index (χ0) is 12.8. The molecule has 0 saturated heterocycles. The molecular formula is C10H12ClN3O3. The molecule has 0 radical (unpaired) electrons. The Morgan fingerprint density at radius 2 is 2.06 bits per heavy atom. The average molecular weight is 258 g/mol. The fraction of sp³-hybridized carbons (Fsp3) is 0.200. The maximum Gasteiger partial charge on any atom is 0.320 e. The minimum absolute atomic E-state index is 0.351. The summed E-state index contributed by atoms with van der Waals surface area (Å²) in [6.45, 7) is 0. The van der Waals surface area contributed by atoms with Gasteiger partial charge in [-0.3, -0.25) is 4.79 Å². The number of carbonyl (C=O) groups excluding carboxylic acids is 1. The standard InChI is InChI=1S/C10H12ClN3O3/c11-6-3-1-2-4-7(6)13-10(17)14-8(12)5-9(15)16/h1-4,8H,5,12H2,(H,15,16)(H2,13,14,17). The summed E-state index contributed by atoms with van der Waals surface area (Å²) in [7, 11) is 0. The molecule has 1 aromatic rings. The first-order valence-corrected chi connectivity index (χ1v) is 5.16. The molecule has 1 rings (SSSR count). The van der Waals surface area contributed by atoms with Crippen molar-refractivity contribution >= 4 is 29.3 Å². The third kappa shape index (κ3) is 4.71. The van der Waals surface area contributed by atoms with E-state index in [0.717, 1.165) is 0 Å². The average Bonchev–Trinajstić information content (AvgIpc) is 2.19. The summed E-state index contributed by atoms with van der Waals surface area (Å²) < 4.78 is 0. The number of hydrogen-bond acceptors (Lipinski definition) is 3. The molecule has 1 unspecified atom stereocenters. The number of urea groups is 1. The minimum Gasteiger partial charge on any atom is -0.481 e. The van der Waals surface area contributed by atoms with Crippen molar-refractivity contribution in [1.82, 2.24) is 5.32 Å². The zero-order valence-electron chi connectivity index (χ0n) is 8.81. The molecule has 5 N–H and O–H groups in total. The fourth-order valence-corrected chi connectivity index (χ4v) is 1.31. The van der Waals surface area contributed by atoms with Crippen LogP contribution in [0.2, 0.25) is 5.02 Å². The molecule has 0 heterocycles. The number of halogens is 1. The van der Waals surface area contributed by atoms with Crippen LogP contribution in [0.4, 0.5) is 10.5 Å². The van der Waals surface area contributed by atoms with E-state index in [9.17, 15) is 9.59 Å². The number of para-hydroxylation sites is 1. The smallest absolute Gasteiger partial charge is 0.320 e. The van der Waals surface area contributed by atoms with E-state index in [1.165, 1.54) is 0 Å². The van der Waals surface area contributed by atoms with Gasteiger partial charge in [0.2, 0.25) is 0 Å². The predicted molar refractivity (Wildman–Crippen MR) is 63.8 cm³/mol. The molecule has 7 heteroatoms. The number of amides is 2. The van der Waals surface area contributed by atoms with Gasteiger partial charge in [-0.05, 0) is 12.1 Å². The normalized spacial score (nSPS) is 11.6. The lowest BCUT2D eigenvalue weighted by molar-refractivity contribution is -0.137. The molecule has 17 heavy (non-hydrogen) atoms. The third-order valence-corrected chi connectivity index (χ3v) is 2.16. The number of rotatable bonds is 4. The Labute approximate surface area is 103 Å². The minimum atomic E-state index is -1.09. The van der Waals surface area contributed by atoms with Gasteiger partial charge in [0.25, 0.3) is 0 Å². The Hall–Kier alpha value is -1.79. The summed E-state index contributed by atoms with van der Waals surface area (Å²) in [5.74, 6) is -1.09. The first-order chi connectivity index (χ1) is 7.99. The largest absolute Gasteiger partial charge is 0.481 e. The Morgan fingerprint density at radius 1 is 1.41 bits per heavy atom. The molecule has 0 aliphatic heterocycles. The molecule has 0 aromatic heterocycles. The fourth-order valence-electron chi connectivity index (χ4n) is 1.13. The number of nitrogens with one attached hydrogen (secondary N) is 2. The summed E-state index contributed by atoms with van der Waals surface area (Å²) >= 11 is 5.82. The lowest BCUT2D eigenvalue weighted by Gasteiger charge is -2.13. The molecule has 1 atom stereocenters. The topological polar surface area (TPSA) is 104 Å². The van der Waals surface area contributed by atoms with Gasteiger partial charge in [-0.25, -0.2) is 4.79 Å². The van der Waals surface area contributed by atoms with E-state index >= 15 is 0 Å². The molecular weight excluding hydrogens is 246 g/mol. The second kappa shape index (κ2) is 6.07. The van der Waals surface area contributed by atoms with Crippen LogP contribution in [-0.2, 0) is 4.79 Å². The van der Waals surface area contributed by atoms with Gasteiger partial charge < -0.3 is 21.5 Å². The van der Waals surface area contributed by atoms with Crippen molar-refractivity contribution in [2.45, 2.75) is 12.6 Å². The van der Waals surface area contributed by atoms with Gasteiger partial charge in [0.1, 0.15) is 0 Å². The number of benzene rings is 1. The van der Waals surface area contributed by atoms with Crippen LogP contribution >= 0.6 is 11.6 Å². The van der Waals surface area contributed by atoms with Crippen molar-refractivity contribution in [2.24, 2.45) is 5.73 Å². The maximum absolute atomic E-state index is 11.4. The van der Waals surface area contributed by atoms with Crippen molar-refractivity contribution in [3.63, 3.8) is 0 Å². The number of carboxylic acid groups (broad SMARTS) is 1. The Morgan fingerprint density at radius 3 is 2.65 bits per heavy atom. The summed E-state index contributed by atoms with van der Waals surface area (Å²) in [5, 5.41) is 13.6. The Kier molecular flexibility index (Phi) is 4.74. The van der Waals surface area contributed by atoms with Gasteiger partial charge in [-0.15, -0.1) is 0 Å². The van der Waals surface area contributed by atoms with Crippen LogP contribution in [0.3, 0.4) is 0 Å². The van der Waals surface area contributed by atoms with Gasteiger partial charge in [-0.2, -0.15) is 0 Å². The Bertz CT molecular complexity index is 425. The van der Waals surface area contributed by atoms with E-state index in [4.69, 9.17) is 22.4 Å². The van der Waals surface area contributed by atoms with Crippen LogP contribution in [0.5, 0.6) is 0 Å². The van der Waals surface area contributed by atoms with Gasteiger partial charge in [0.05, 0.1) is 23.3 Å². The molecule has 0 spiro atoms. The molecule has 92 valence electrons. The van der Waals surface area contributed by atoms with Crippen LogP contribution in [0.1, 0.15) is 6.42 Å². The molecule has 0 aliphatic rings. The van der Waals surface area contributed by atoms with Crippen molar-refractivity contribution in [3.8, 4) is 0 Å². The first kappa shape index (κ1) is 13.3. The lowest BCUT2D eigenvalue weighted by Crippen LogP contribution is -2.44. The number of carboxylic acids is 1. The van der Waals surface area contributed by atoms with Gasteiger partial charge >= 0.3 is 12.0 Å². The van der Waals surface area contributed by atoms with Crippen LogP contribution in [-0.4, -0.2) is 23.3 Å². The summed E-state index contributed by atoms with van der Waals surface area (Å²) in [4.78, 5) is 21.7. The van der Waals surface area contributed by atoms with Gasteiger partial charge in [-0.1, -0.05) is 23.7 Å². The monoisotopic (exact) mass is 257 g/mol. The van der Waals surface area contributed by atoms with E-state index in [1.54, 1.807) is 24.3 Å². The highest BCUT2D eigenvalue weighted by Gasteiger charge is 2.11. The summed E-state index contributed by atoms with van der Waals surface area (Å²) in [6, 6.07) is 6.06. The molecule has 1 aromatic carbocycles. The van der Waals surface area contributed by atoms with E-state index in [-0.39, 0.29) is 6.42 Å². The molecule has 0 bridgehead atoms. The molecule has 2 amide bonds. The first-order valence-electron chi connectivity index (χ1n) is 4.78. The second-order valence-electron chi connectivity index (χ2n) is 3.28. The summed E-state index contributed by atoms with van der Waals surface area (Å²) in [5.41, 5.74) is 5.81. The SMILES string of the molecule is NC(CC(=O)O)NC(=O)Nc1ccccc1Cl. The quantitative estimate of drug-likeness (QED) is 0.609. The van der Waals surface area contributed by atoms with E-state index < -0.39 is 18.2 Å². The number of hydrogen-bond donors (Lipinski definition) is 4. The maximum atomic E-state index is 11.4. The van der Waals surface area contributed by atoms with E-state index in [2.05, 4.69) is 10.6 Å². The number of aliphatic carboxylic acids is 1. The van der Waals surface area contributed by atoms with Crippen LogP contribution in [0, 0.1) is 0 Å². The highest BCUT2D eigenvalue weighted by atomic mass is 35.5. The highest BCUT2D eigenvalue weighted by Crippen LogP contribution is 2.19. The number of carbonyl (C=O) groups is 2. The zero-order valence-corrected chi connectivity index (χ0v) is 9.57. The molecule has 0 aliphatic carbocycles. The highest BCUT2D eigenvalue weighted by molar-refractivity contribution is 6.33. The number of nitrogens with two attached hydrogens (primary N) is 1. The molecule has 0 fully saturated rings. The summed E-state index contributed by atoms with van der Waals surface area (Å²) in [6.07, 6.45) is -1.30. The Balaban J connectivity index is 2.50. The predicted octanol–water partition coefficient (Wildman–Crippen LogP) is 1.22. The van der Waals surface area contributed by atoms with Crippen molar-refractivity contribution in [2.75, 3.05) is 5.32 Å². The van der Waals surface area contributed by atoms with Crippen LogP contribution in [0.15, 0.2) is 24.3 Å². The van der Waals surface area contributed by atoms with E-state index in [1.807, 2.05) is 0 Å². The molecule has 0 saturated carbocycles. The second-order valence-corrected chi connectivity index (χ2v) is 3.69. The lowest BCUT2D eigenvalue weighted by atomic mass is 10.3. The van der Waals surface area contributed by atoms with Crippen molar-refractivity contribution in [3.05, 3.63) is 29.3 Å². The van der Waals surface area contributed by atoms with Gasteiger partial charge in [0, 0.05) is 0 Å².